The number of piperidine rings is 1. The first-order valence-electron chi connectivity index (χ1n) is 6.95. The average molecular weight is 275 g/mol. The van der Waals surface area contributed by atoms with Gasteiger partial charge in [-0.05, 0) is 31.1 Å². The summed E-state index contributed by atoms with van der Waals surface area (Å²) in [4.78, 5) is 0. The molecule has 0 spiro atoms. The van der Waals surface area contributed by atoms with Gasteiger partial charge in [0.2, 0.25) is 0 Å². The largest absolute Gasteiger partial charge is 0.313 e. The van der Waals surface area contributed by atoms with Crippen LogP contribution in [0.25, 0.3) is 0 Å². The van der Waals surface area contributed by atoms with Crippen molar-refractivity contribution in [3.05, 3.63) is 0 Å². The first kappa shape index (κ1) is 14.2. The molecule has 18 heavy (non-hydrogen) atoms. The third kappa shape index (κ3) is 4.19. The average Bonchev–Trinajstić information content (AvgIpc) is 3.07. The number of nitrogens with zero attached hydrogens (tertiary/aromatic N) is 1. The van der Waals surface area contributed by atoms with Crippen LogP contribution in [0.1, 0.15) is 33.1 Å². The molecule has 1 heterocycles. The van der Waals surface area contributed by atoms with Gasteiger partial charge in [0.05, 0.1) is 0 Å². The smallest absolute Gasteiger partial charge is 0.279 e. The molecule has 0 aromatic carbocycles. The Labute approximate surface area is 110 Å². The number of nitrogens with one attached hydrogen (secondary N) is 2. The molecule has 0 amide bonds. The van der Waals surface area contributed by atoms with E-state index < -0.39 is 10.2 Å². The maximum atomic E-state index is 12.1. The monoisotopic (exact) mass is 275 g/mol. The van der Waals surface area contributed by atoms with E-state index in [4.69, 9.17) is 0 Å². The summed E-state index contributed by atoms with van der Waals surface area (Å²) in [5, 5.41) is 3.30. The first-order chi connectivity index (χ1) is 8.47. The van der Waals surface area contributed by atoms with Crippen molar-refractivity contribution < 1.29 is 8.42 Å². The molecular weight excluding hydrogens is 250 g/mol. The predicted molar refractivity (Wildman–Crippen MR) is 72.5 cm³/mol. The SMILES string of the molecule is CC1CC(C)CN(S(=O)(=O)NCCNC2CC2)C1. The van der Waals surface area contributed by atoms with Crippen LogP contribution in [0.2, 0.25) is 0 Å². The molecule has 5 nitrogen and oxygen atoms in total. The molecular formula is C12H25N3O2S. The van der Waals surface area contributed by atoms with Crippen molar-refractivity contribution >= 4 is 10.2 Å². The van der Waals surface area contributed by atoms with Gasteiger partial charge in [0.1, 0.15) is 0 Å². The zero-order valence-corrected chi connectivity index (χ0v) is 12.2. The van der Waals surface area contributed by atoms with Crippen molar-refractivity contribution in [2.45, 2.75) is 39.2 Å². The van der Waals surface area contributed by atoms with Gasteiger partial charge in [0.25, 0.3) is 10.2 Å². The summed E-state index contributed by atoms with van der Waals surface area (Å²) in [7, 11) is -3.28. The fourth-order valence-electron chi connectivity index (χ4n) is 2.64. The molecule has 1 aliphatic carbocycles. The molecule has 1 saturated heterocycles. The van der Waals surface area contributed by atoms with Crippen molar-refractivity contribution in [1.82, 2.24) is 14.3 Å². The number of hydrogen-bond acceptors (Lipinski definition) is 3. The molecule has 2 N–H and O–H groups in total. The molecule has 2 unspecified atom stereocenters. The molecule has 0 bridgehead atoms. The minimum atomic E-state index is -3.28. The highest BCUT2D eigenvalue weighted by molar-refractivity contribution is 7.87. The Morgan fingerprint density at radius 1 is 1.11 bits per heavy atom. The van der Waals surface area contributed by atoms with Crippen LogP contribution >= 0.6 is 0 Å². The molecule has 1 saturated carbocycles. The molecule has 2 rings (SSSR count). The Kier molecular flexibility index (Phi) is 4.64. The second kappa shape index (κ2) is 5.86. The second-order valence-electron chi connectivity index (χ2n) is 5.89. The van der Waals surface area contributed by atoms with Crippen LogP contribution in [0.15, 0.2) is 0 Å². The van der Waals surface area contributed by atoms with E-state index in [0.29, 0.717) is 37.5 Å². The highest BCUT2D eigenvalue weighted by Gasteiger charge is 2.30. The summed E-state index contributed by atoms with van der Waals surface area (Å²) in [6.45, 7) is 6.74. The molecule has 1 aliphatic heterocycles. The van der Waals surface area contributed by atoms with Gasteiger partial charge in [-0.1, -0.05) is 13.8 Å². The fraction of sp³-hybridized carbons (Fsp3) is 1.00. The van der Waals surface area contributed by atoms with Crippen LogP contribution in [0.4, 0.5) is 0 Å². The third-order valence-corrected chi connectivity index (χ3v) is 5.14. The molecule has 6 heteroatoms. The lowest BCUT2D eigenvalue weighted by Gasteiger charge is -2.33. The van der Waals surface area contributed by atoms with Crippen molar-refractivity contribution in [3.8, 4) is 0 Å². The van der Waals surface area contributed by atoms with Gasteiger partial charge < -0.3 is 5.32 Å². The second-order valence-corrected chi connectivity index (χ2v) is 7.65. The highest BCUT2D eigenvalue weighted by Crippen LogP contribution is 2.22. The maximum Gasteiger partial charge on any atom is 0.279 e. The van der Waals surface area contributed by atoms with Gasteiger partial charge >= 0.3 is 0 Å². The third-order valence-electron chi connectivity index (χ3n) is 3.60. The van der Waals surface area contributed by atoms with E-state index >= 15 is 0 Å². The summed E-state index contributed by atoms with van der Waals surface area (Å²) in [5.41, 5.74) is 0. The van der Waals surface area contributed by atoms with E-state index in [9.17, 15) is 8.42 Å². The van der Waals surface area contributed by atoms with Crippen LogP contribution in [0.3, 0.4) is 0 Å². The van der Waals surface area contributed by atoms with Crippen LogP contribution in [-0.2, 0) is 10.2 Å². The Morgan fingerprint density at radius 3 is 2.28 bits per heavy atom. The summed E-state index contributed by atoms with van der Waals surface area (Å²) >= 11 is 0. The van der Waals surface area contributed by atoms with Crippen molar-refractivity contribution in [2.24, 2.45) is 11.8 Å². The van der Waals surface area contributed by atoms with E-state index in [1.807, 2.05) is 0 Å². The summed E-state index contributed by atoms with van der Waals surface area (Å²) in [6, 6.07) is 0.629. The maximum absolute atomic E-state index is 12.1. The highest BCUT2D eigenvalue weighted by atomic mass is 32.2. The van der Waals surface area contributed by atoms with Crippen molar-refractivity contribution in [2.75, 3.05) is 26.2 Å². The van der Waals surface area contributed by atoms with Crippen LogP contribution < -0.4 is 10.0 Å². The van der Waals surface area contributed by atoms with Gasteiger partial charge in [-0.15, -0.1) is 0 Å². The Balaban J connectivity index is 1.77. The predicted octanol–water partition coefficient (Wildman–Crippen LogP) is 0.551. The van der Waals surface area contributed by atoms with Gasteiger partial charge in [0, 0.05) is 32.2 Å². The molecule has 2 fully saturated rings. The summed E-state index contributed by atoms with van der Waals surface area (Å²) < 4.78 is 28.5. The zero-order valence-electron chi connectivity index (χ0n) is 11.4. The van der Waals surface area contributed by atoms with Crippen molar-refractivity contribution in [3.63, 3.8) is 0 Å². The Morgan fingerprint density at radius 2 is 1.72 bits per heavy atom. The Hall–Kier alpha value is -0.170. The lowest BCUT2D eigenvalue weighted by Crippen LogP contribution is -2.49. The van der Waals surface area contributed by atoms with Crippen LogP contribution in [-0.4, -0.2) is 44.9 Å². The molecule has 0 aromatic rings. The summed E-state index contributed by atoms with van der Waals surface area (Å²) in [6.07, 6.45) is 3.58. The van der Waals surface area contributed by atoms with Crippen LogP contribution in [0.5, 0.6) is 0 Å². The van der Waals surface area contributed by atoms with E-state index in [1.165, 1.54) is 12.8 Å². The standard InChI is InChI=1S/C12H25N3O2S/c1-10-7-11(2)9-15(8-10)18(16,17)14-6-5-13-12-3-4-12/h10-14H,3-9H2,1-2H3. The lowest BCUT2D eigenvalue weighted by molar-refractivity contribution is 0.220. The minimum Gasteiger partial charge on any atom is -0.313 e. The minimum absolute atomic E-state index is 0.454. The Bertz CT molecular complexity index is 358. The van der Waals surface area contributed by atoms with E-state index in [1.54, 1.807) is 4.31 Å². The zero-order chi connectivity index (χ0) is 13.2. The van der Waals surface area contributed by atoms with Crippen LogP contribution in [0, 0.1) is 11.8 Å². The normalized spacial score (nSPS) is 30.6. The summed E-state index contributed by atoms with van der Waals surface area (Å²) in [5.74, 6) is 0.907. The quantitative estimate of drug-likeness (QED) is 0.696. The van der Waals surface area contributed by atoms with E-state index in [0.717, 1.165) is 13.0 Å². The van der Waals surface area contributed by atoms with Gasteiger partial charge in [-0.25, -0.2) is 4.72 Å². The molecule has 2 aliphatic rings. The topological polar surface area (TPSA) is 61.4 Å². The molecule has 0 aromatic heterocycles. The van der Waals surface area contributed by atoms with E-state index in [2.05, 4.69) is 23.9 Å². The van der Waals surface area contributed by atoms with Gasteiger partial charge in [-0.3, -0.25) is 0 Å². The van der Waals surface area contributed by atoms with Gasteiger partial charge in [-0.2, -0.15) is 12.7 Å². The van der Waals surface area contributed by atoms with E-state index in [-0.39, 0.29) is 0 Å². The fourth-order valence-corrected chi connectivity index (χ4v) is 4.08. The van der Waals surface area contributed by atoms with Gasteiger partial charge in [0.15, 0.2) is 0 Å². The molecule has 106 valence electrons. The molecule has 2 atom stereocenters. The molecule has 0 radical (unpaired) electrons. The first-order valence-corrected chi connectivity index (χ1v) is 8.39. The lowest BCUT2D eigenvalue weighted by atomic mass is 9.94. The number of hydrogen-bond donors (Lipinski definition) is 2. The number of rotatable bonds is 6. The van der Waals surface area contributed by atoms with Crippen molar-refractivity contribution in [1.29, 1.82) is 0 Å².